The number of hydrogen-bond donors (Lipinski definition) is 0. The zero-order valence-corrected chi connectivity index (χ0v) is 29.7. The maximum Gasteiger partial charge on any atom is 0.137 e. The summed E-state index contributed by atoms with van der Waals surface area (Å²) >= 11 is 1.88. The van der Waals surface area contributed by atoms with Crippen LogP contribution in [0, 0.1) is 0 Å². The lowest BCUT2D eigenvalue weighted by molar-refractivity contribution is 0.660. The molecule has 0 amide bonds. The molecular weight excluding hydrogens is 651 g/mol. The number of thiophene rings is 1. The first kappa shape index (κ1) is 29.6. The minimum atomic E-state index is -0.0395. The molecule has 246 valence electrons. The third kappa shape index (κ3) is 4.23. The van der Waals surface area contributed by atoms with Crippen LogP contribution in [0.3, 0.4) is 0 Å². The fourth-order valence-electron chi connectivity index (χ4n) is 8.66. The van der Waals surface area contributed by atoms with Gasteiger partial charge in [-0.2, -0.15) is 0 Å². The zero-order valence-electron chi connectivity index (χ0n) is 28.9. The number of rotatable bonds is 4. The standard InChI is InChI=1S/C49H33NOS/c1-49(2)42-15-7-5-12-36(42)37-25-21-32(28-43(37)49)30-18-22-33(23-19-30)50(34-24-27-39-38-13-6-8-17-45(38)51-46(39)29-34)44-16-9-14-40-41-26-20-31-10-3-4-11-35(31)47(41)52-48(40)44/h3-29H,1-2H3. The second-order valence-corrected chi connectivity index (χ2v) is 15.5. The Hall–Kier alpha value is -6.16. The maximum atomic E-state index is 6.43. The van der Waals surface area contributed by atoms with Gasteiger partial charge < -0.3 is 9.32 Å². The molecular formula is C49H33NOS. The van der Waals surface area contributed by atoms with E-state index in [4.69, 9.17) is 4.42 Å². The van der Waals surface area contributed by atoms with Gasteiger partial charge in [0, 0.05) is 49.1 Å². The zero-order chi connectivity index (χ0) is 34.6. The fraction of sp³-hybridized carbons (Fsp3) is 0.0612. The first-order chi connectivity index (χ1) is 25.5. The van der Waals surface area contributed by atoms with E-state index in [2.05, 4.69) is 170 Å². The summed E-state index contributed by atoms with van der Waals surface area (Å²) in [6.07, 6.45) is 0. The van der Waals surface area contributed by atoms with Gasteiger partial charge in [0.1, 0.15) is 11.2 Å². The van der Waals surface area contributed by atoms with Crippen LogP contribution in [0.2, 0.25) is 0 Å². The third-order valence-electron chi connectivity index (χ3n) is 11.3. The van der Waals surface area contributed by atoms with Crippen molar-refractivity contribution in [1.29, 1.82) is 0 Å². The average Bonchev–Trinajstić information content (AvgIpc) is 3.83. The Bertz CT molecular complexity index is 3050. The van der Waals surface area contributed by atoms with Crippen molar-refractivity contribution in [2.45, 2.75) is 19.3 Å². The lowest BCUT2D eigenvalue weighted by Gasteiger charge is -2.26. The molecule has 0 bridgehead atoms. The van der Waals surface area contributed by atoms with Crippen LogP contribution in [0.5, 0.6) is 0 Å². The lowest BCUT2D eigenvalue weighted by atomic mass is 9.81. The minimum Gasteiger partial charge on any atom is -0.456 e. The number of fused-ring (bicyclic) bond motifs is 11. The van der Waals surface area contributed by atoms with Crippen LogP contribution in [0.4, 0.5) is 17.1 Å². The van der Waals surface area contributed by atoms with Gasteiger partial charge in [0.2, 0.25) is 0 Å². The maximum absolute atomic E-state index is 6.43. The number of hydrogen-bond acceptors (Lipinski definition) is 3. The first-order valence-corrected chi connectivity index (χ1v) is 18.7. The number of anilines is 3. The normalized spacial score (nSPS) is 13.3. The molecule has 0 saturated carbocycles. The van der Waals surface area contributed by atoms with E-state index in [9.17, 15) is 0 Å². The molecule has 0 spiro atoms. The largest absolute Gasteiger partial charge is 0.456 e. The van der Waals surface area contributed by atoms with Crippen LogP contribution in [0.1, 0.15) is 25.0 Å². The van der Waals surface area contributed by atoms with E-state index in [1.807, 2.05) is 23.5 Å². The van der Waals surface area contributed by atoms with E-state index in [-0.39, 0.29) is 5.41 Å². The number of benzene rings is 8. The Labute approximate surface area is 305 Å². The van der Waals surface area contributed by atoms with Gasteiger partial charge in [-0.1, -0.05) is 129 Å². The minimum absolute atomic E-state index is 0.0395. The molecule has 0 saturated heterocycles. The summed E-state index contributed by atoms with van der Waals surface area (Å²) in [5.41, 5.74) is 13.0. The van der Waals surface area contributed by atoms with Crippen LogP contribution in [-0.4, -0.2) is 0 Å². The molecule has 8 aromatic carbocycles. The molecule has 1 aliphatic rings. The van der Waals surface area contributed by atoms with Crippen molar-refractivity contribution in [1.82, 2.24) is 0 Å². The number of nitrogens with zero attached hydrogens (tertiary/aromatic N) is 1. The molecule has 0 N–H and O–H groups in total. The van der Waals surface area contributed by atoms with E-state index < -0.39 is 0 Å². The molecule has 2 nitrogen and oxygen atoms in total. The monoisotopic (exact) mass is 683 g/mol. The Balaban J connectivity index is 1.08. The Morgan fingerprint density at radius 2 is 1.13 bits per heavy atom. The molecule has 0 radical (unpaired) electrons. The molecule has 3 heteroatoms. The van der Waals surface area contributed by atoms with E-state index >= 15 is 0 Å². The van der Waals surface area contributed by atoms with Crippen molar-refractivity contribution in [3.05, 3.63) is 175 Å². The van der Waals surface area contributed by atoms with Crippen LogP contribution in [0.15, 0.2) is 168 Å². The van der Waals surface area contributed by atoms with Gasteiger partial charge in [-0.05, 0) is 86.6 Å². The summed E-state index contributed by atoms with van der Waals surface area (Å²) in [6.45, 7) is 4.69. The van der Waals surface area contributed by atoms with Gasteiger partial charge in [0.15, 0.2) is 0 Å². The Morgan fingerprint density at radius 3 is 2.04 bits per heavy atom. The molecule has 52 heavy (non-hydrogen) atoms. The van der Waals surface area contributed by atoms with E-state index in [0.29, 0.717) is 0 Å². The van der Waals surface area contributed by atoms with Crippen LogP contribution < -0.4 is 4.90 Å². The van der Waals surface area contributed by atoms with Gasteiger partial charge in [-0.25, -0.2) is 0 Å². The molecule has 0 unspecified atom stereocenters. The van der Waals surface area contributed by atoms with Gasteiger partial charge in [0.25, 0.3) is 0 Å². The number of furan rings is 1. The molecule has 0 fully saturated rings. The van der Waals surface area contributed by atoms with Crippen molar-refractivity contribution >= 4 is 81.3 Å². The highest BCUT2D eigenvalue weighted by Gasteiger charge is 2.35. The van der Waals surface area contributed by atoms with Crippen molar-refractivity contribution in [3.8, 4) is 22.3 Å². The summed E-state index contributed by atoms with van der Waals surface area (Å²) in [5, 5.41) is 7.40. The molecule has 2 aromatic heterocycles. The van der Waals surface area contributed by atoms with Crippen LogP contribution >= 0.6 is 11.3 Å². The highest BCUT2D eigenvalue weighted by molar-refractivity contribution is 7.27. The molecule has 10 aromatic rings. The highest BCUT2D eigenvalue weighted by Crippen LogP contribution is 2.50. The smallest absolute Gasteiger partial charge is 0.137 e. The highest BCUT2D eigenvalue weighted by atomic mass is 32.1. The predicted octanol–water partition coefficient (Wildman–Crippen LogP) is 14.6. The first-order valence-electron chi connectivity index (χ1n) is 17.9. The number of para-hydroxylation sites is 1. The SMILES string of the molecule is CC1(C)c2ccccc2-c2ccc(-c3ccc(N(c4ccc5c(c4)oc4ccccc45)c4cccc5c4sc4c6ccccc6ccc54)cc3)cc21. The quantitative estimate of drug-likeness (QED) is 0.184. The summed E-state index contributed by atoms with van der Waals surface area (Å²) in [4.78, 5) is 2.40. The summed E-state index contributed by atoms with van der Waals surface area (Å²) < 4.78 is 9.02. The lowest BCUT2D eigenvalue weighted by Crippen LogP contribution is -2.14. The van der Waals surface area contributed by atoms with Crippen molar-refractivity contribution in [3.63, 3.8) is 0 Å². The Morgan fingerprint density at radius 1 is 0.462 bits per heavy atom. The second kappa shape index (κ2) is 10.9. The van der Waals surface area contributed by atoms with Crippen LogP contribution in [-0.2, 0) is 5.41 Å². The Kier molecular flexibility index (Phi) is 6.21. The van der Waals surface area contributed by atoms with Gasteiger partial charge in [-0.15, -0.1) is 11.3 Å². The summed E-state index contributed by atoms with van der Waals surface area (Å²) in [5.74, 6) is 0. The van der Waals surface area contributed by atoms with E-state index in [1.165, 1.54) is 64.3 Å². The van der Waals surface area contributed by atoms with Crippen LogP contribution in [0.25, 0.3) is 75.1 Å². The van der Waals surface area contributed by atoms with E-state index in [1.54, 1.807) is 0 Å². The van der Waals surface area contributed by atoms with Gasteiger partial charge in [0.05, 0.1) is 10.4 Å². The van der Waals surface area contributed by atoms with Crippen molar-refractivity contribution in [2.75, 3.05) is 4.90 Å². The topological polar surface area (TPSA) is 16.4 Å². The predicted molar refractivity (Wildman–Crippen MR) is 222 cm³/mol. The van der Waals surface area contributed by atoms with Crippen molar-refractivity contribution in [2.24, 2.45) is 0 Å². The molecule has 1 aliphatic carbocycles. The molecule has 0 aliphatic heterocycles. The average molecular weight is 684 g/mol. The molecule has 0 atom stereocenters. The third-order valence-corrected chi connectivity index (χ3v) is 12.5. The fourth-order valence-corrected chi connectivity index (χ4v) is 9.99. The molecule has 11 rings (SSSR count). The van der Waals surface area contributed by atoms with E-state index in [0.717, 1.165) is 39.0 Å². The van der Waals surface area contributed by atoms with Gasteiger partial charge in [-0.3, -0.25) is 0 Å². The second-order valence-electron chi connectivity index (χ2n) is 14.5. The summed E-state index contributed by atoms with van der Waals surface area (Å²) in [6, 6.07) is 59.9. The van der Waals surface area contributed by atoms with Crippen molar-refractivity contribution < 1.29 is 4.42 Å². The molecule has 2 heterocycles. The van der Waals surface area contributed by atoms with Gasteiger partial charge >= 0.3 is 0 Å². The summed E-state index contributed by atoms with van der Waals surface area (Å²) in [7, 11) is 0.